The van der Waals surface area contributed by atoms with E-state index in [9.17, 15) is 33.6 Å². The maximum absolute atomic E-state index is 13.0. The van der Waals surface area contributed by atoms with Crippen LogP contribution < -0.4 is 0 Å². The molecule has 12 aliphatic rings. The van der Waals surface area contributed by atoms with Crippen molar-refractivity contribution in [3.05, 3.63) is 158 Å². The number of ether oxygens (including phenoxy) is 6. The average Bonchev–Trinajstić information content (AvgIpc) is 1.97. The van der Waals surface area contributed by atoms with Gasteiger partial charge in [0.2, 0.25) is 6.08 Å². The summed E-state index contributed by atoms with van der Waals surface area (Å²) in [6.07, 6.45) is 31.9. The normalized spacial score (nSPS) is 37.0. The maximum Gasteiger partial charge on any atom is 0.312 e. The number of fused-ring (bicyclic) bond motifs is 6. The van der Waals surface area contributed by atoms with Gasteiger partial charge < -0.3 is 28.4 Å². The summed E-state index contributed by atoms with van der Waals surface area (Å²) in [6, 6.07) is 14.1. The number of imide groups is 2. The molecule has 18 atom stereocenters. The van der Waals surface area contributed by atoms with Crippen molar-refractivity contribution in [2.75, 3.05) is 52.7 Å². The first-order chi connectivity index (χ1) is 41.9. The van der Waals surface area contributed by atoms with E-state index in [-0.39, 0.29) is 94.9 Å². The fourth-order valence-electron chi connectivity index (χ4n) is 15.4. The second-order valence-corrected chi connectivity index (χ2v) is 27.2. The Balaban J connectivity index is 0.000000129. The molecule has 5 heterocycles. The van der Waals surface area contributed by atoms with E-state index >= 15 is 0 Å². The van der Waals surface area contributed by atoms with Crippen LogP contribution >= 0.6 is 0 Å². The largest absolute Gasteiger partial charge is 0.462 e. The van der Waals surface area contributed by atoms with Gasteiger partial charge in [-0.15, -0.1) is 26.3 Å². The Morgan fingerprint density at radius 2 is 1.01 bits per heavy atom. The molecule has 0 aromatic heterocycles. The third-order valence-electron chi connectivity index (χ3n) is 21.1. The molecule has 8 fully saturated rings. The van der Waals surface area contributed by atoms with E-state index in [0.29, 0.717) is 110 Å². The molecule has 3 saturated heterocycles. The highest BCUT2D eigenvalue weighted by atomic mass is 16.6. The van der Waals surface area contributed by atoms with Gasteiger partial charge in [0.25, 0.3) is 23.6 Å². The zero-order valence-electron chi connectivity index (χ0n) is 50.7. The lowest BCUT2D eigenvalue weighted by molar-refractivity contribution is -0.157. The van der Waals surface area contributed by atoms with Crippen LogP contribution in [0.15, 0.2) is 130 Å². The Morgan fingerprint density at radius 1 is 0.540 bits per heavy atom. The van der Waals surface area contributed by atoms with Gasteiger partial charge in [-0.1, -0.05) is 72.9 Å². The van der Waals surface area contributed by atoms with Crippen LogP contribution in [0.3, 0.4) is 0 Å². The summed E-state index contributed by atoms with van der Waals surface area (Å²) in [5, 5.41) is 0. The second kappa shape index (κ2) is 25.7. The van der Waals surface area contributed by atoms with Crippen molar-refractivity contribution < 1.29 is 62.0 Å². The van der Waals surface area contributed by atoms with Crippen molar-refractivity contribution in [3.63, 3.8) is 0 Å². The molecule has 5 aliphatic heterocycles. The van der Waals surface area contributed by atoms with Gasteiger partial charge in [0.15, 0.2) is 12.0 Å². The third-order valence-corrected chi connectivity index (χ3v) is 21.1. The Hall–Kier alpha value is -6.90. The summed E-state index contributed by atoms with van der Waals surface area (Å²) in [7, 11) is 0. The minimum atomic E-state index is -0.583. The van der Waals surface area contributed by atoms with Crippen LogP contribution in [0.4, 0.5) is 0 Å². The number of rotatable bonds is 19. The van der Waals surface area contributed by atoms with E-state index in [2.05, 4.69) is 62.8 Å². The molecule has 2 aromatic rings. The first kappa shape index (κ1) is 61.7. The summed E-state index contributed by atoms with van der Waals surface area (Å²) >= 11 is 0. The van der Waals surface area contributed by atoms with E-state index in [0.717, 1.165) is 70.8 Å². The van der Waals surface area contributed by atoms with Crippen LogP contribution in [0.2, 0.25) is 0 Å². The monoisotopic (exact) mass is 1190 g/mol. The Morgan fingerprint density at radius 3 is 1.41 bits per heavy atom. The molecule has 4 amide bonds. The topological polar surface area (TPSA) is 191 Å². The fraction of sp³-hybridized carbons (Fsp3) is 0.542. The predicted octanol–water partition coefficient (Wildman–Crippen LogP) is 11.0. The number of amides is 4. The molecular formula is C72H85N2O13+. The number of allylic oxidation sites excluding steroid dienone is 10. The Bertz CT molecular complexity index is 3060. The minimum absolute atomic E-state index is 0.0325. The van der Waals surface area contributed by atoms with Gasteiger partial charge in [0.1, 0.15) is 38.1 Å². The Kier molecular flexibility index (Phi) is 18.2. The van der Waals surface area contributed by atoms with E-state index < -0.39 is 10.8 Å². The molecule has 7 aliphatic carbocycles. The summed E-state index contributed by atoms with van der Waals surface area (Å²) in [4.78, 5) is 90.3. The molecule has 15 nitrogen and oxygen atoms in total. The lowest BCUT2D eigenvalue weighted by Crippen LogP contribution is -2.35. The molecule has 4 bridgehead atoms. The van der Waals surface area contributed by atoms with Crippen molar-refractivity contribution in [2.45, 2.75) is 103 Å². The van der Waals surface area contributed by atoms with E-state index in [1.54, 1.807) is 36.4 Å². The predicted molar refractivity (Wildman–Crippen MR) is 325 cm³/mol. The molecule has 5 saturated carbocycles. The molecule has 0 spiro atoms. The van der Waals surface area contributed by atoms with E-state index in [1.165, 1.54) is 9.80 Å². The van der Waals surface area contributed by atoms with Gasteiger partial charge in [-0.3, -0.25) is 43.4 Å². The number of hydrogen-bond donors (Lipinski definition) is 0. The fourth-order valence-corrected chi connectivity index (χ4v) is 15.4. The SMILES string of the molecule is C=CC1CC(/C=C\C2CC(C=C)C(CN3C(=O)c4ccccc4C3=O)C2)C(C)(C(=O)OCC2CO2)C1.C=CC1CC(C=C)C(C)(C(=O)OCC2CO2)C1.CC1(C(=O)OCC2CO2)CC2C=CC1C2.O=C1c2ccccc2C(=O)N1CC1CC2[C+]=CC1C2. The number of esters is 3. The van der Waals surface area contributed by atoms with Gasteiger partial charge in [-0.2, -0.15) is 0 Å². The van der Waals surface area contributed by atoms with Crippen LogP contribution in [0.1, 0.15) is 126 Å². The quantitative estimate of drug-likeness (QED) is 0.0323. The summed E-state index contributed by atoms with van der Waals surface area (Å²) in [5.74, 6) is 3.11. The maximum atomic E-state index is 13.0. The van der Waals surface area contributed by atoms with Gasteiger partial charge in [-0.25, -0.2) is 0 Å². The van der Waals surface area contributed by atoms with E-state index in [4.69, 9.17) is 28.4 Å². The summed E-state index contributed by atoms with van der Waals surface area (Å²) in [6.45, 7) is 25.9. The lowest BCUT2D eigenvalue weighted by Gasteiger charge is -2.28. The van der Waals surface area contributed by atoms with Crippen molar-refractivity contribution in [2.24, 2.45) is 87.3 Å². The Labute approximate surface area is 512 Å². The smallest absolute Gasteiger partial charge is 0.312 e. The minimum Gasteiger partial charge on any atom is -0.462 e. The van der Waals surface area contributed by atoms with Crippen LogP contribution in [-0.2, 0) is 42.8 Å². The van der Waals surface area contributed by atoms with Crippen LogP contribution in [0, 0.1) is 93.3 Å². The number of epoxide rings is 3. The highest BCUT2D eigenvalue weighted by Gasteiger charge is 2.53. The van der Waals surface area contributed by atoms with Gasteiger partial charge in [0.05, 0.1) is 58.3 Å². The molecule has 2 aromatic carbocycles. The van der Waals surface area contributed by atoms with Gasteiger partial charge in [0, 0.05) is 31.8 Å². The van der Waals surface area contributed by atoms with Gasteiger partial charge in [-0.05, 0) is 156 Å². The van der Waals surface area contributed by atoms with Crippen molar-refractivity contribution in [1.29, 1.82) is 0 Å². The van der Waals surface area contributed by atoms with Crippen LogP contribution in [-0.4, -0.2) is 122 Å². The number of hydrogen-bond acceptors (Lipinski definition) is 13. The van der Waals surface area contributed by atoms with E-state index in [1.807, 2.05) is 57.2 Å². The molecule has 87 heavy (non-hydrogen) atoms. The van der Waals surface area contributed by atoms with Crippen molar-refractivity contribution in [1.82, 2.24) is 9.80 Å². The summed E-state index contributed by atoms with van der Waals surface area (Å²) < 4.78 is 31.5. The second-order valence-electron chi connectivity index (χ2n) is 27.2. The van der Waals surface area contributed by atoms with Crippen molar-refractivity contribution in [3.8, 4) is 0 Å². The molecule has 15 heteroatoms. The molecule has 14 rings (SSSR count). The first-order valence-corrected chi connectivity index (χ1v) is 31.6. The molecule has 0 N–H and O–H groups in total. The van der Waals surface area contributed by atoms with Crippen molar-refractivity contribution >= 4 is 41.5 Å². The van der Waals surface area contributed by atoms with Gasteiger partial charge >= 0.3 is 17.9 Å². The lowest BCUT2D eigenvalue weighted by atomic mass is 9.78. The number of benzene rings is 2. The highest BCUT2D eigenvalue weighted by molar-refractivity contribution is 6.22. The standard InChI is InChI=1S/C30H35NO5.C16H14NO2.C14H20O3.C12H16O3/c1-4-19-14-23(30(3,15-19)29(34)36-18-24-17-35-24)11-10-20-12-21(5-2)22(13-20)16-31-27(32)25-8-6-7-9-26(25)28(31)33;18-15-13-3-1-2-4-14(13)16(19)17(15)9-12-8-10-5-6-11(12)7-10;1-4-10-6-11(5-2)14(3,7-10)13(15)17-9-12-8-16-12;1-12(5-8-2-3-9(12)4-8)11(13)15-7-10-6-14-10/h4-11,19-24H,1-2,12-18H2,3H3;1-4,6,10-12H,7-9H2;4-5,10-12H,1-2,6-9H2,3H3;2-3,8-10H,4-7H2,1H3/q;+1;;/b11-10-;;;. The number of carbonyl (C=O) groups excluding carboxylic acids is 7. The zero-order valence-corrected chi connectivity index (χ0v) is 50.7. The highest BCUT2D eigenvalue weighted by Crippen LogP contribution is 2.54. The molecule has 0 radical (unpaired) electrons. The zero-order chi connectivity index (χ0) is 61.4. The average molecular weight is 1190 g/mol. The number of carbonyl (C=O) groups is 7. The molecule has 18 unspecified atom stereocenters. The van der Waals surface area contributed by atoms with Crippen LogP contribution in [0.5, 0.6) is 0 Å². The third kappa shape index (κ3) is 13.1. The van der Waals surface area contributed by atoms with Crippen LogP contribution in [0.25, 0.3) is 0 Å². The molecule has 460 valence electrons. The summed E-state index contributed by atoms with van der Waals surface area (Å²) in [5.41, 5.74) is 0.786. The first-order valence-electron chi connectivity index (χ1n) is 31.6. The number of nitrogens with zero attached hydrogens (tertiary/aromatic N) is 2. The molecular weight excluding hydrogens is 1100 g/mol.